The van der Waals surface area contributed by atoms with Gasteiger partial charge in [0.25, 0.3) is 0 Å². The van der Waals surface area contributed by atoms with E-state index in [1.54, 1.807) is 12.4 Å². The fourth-order valence-electron chi connectivity index (χ4n) is 1.07. The molecule has 0 bridgehead atoms. The van der Waals surface area contributed by atoms with Crippen LogP contribution in [0, 0.1) is 12.3 Å². The van der Waals surface area contributed by atoms with Crippen LogP contribution in [0.15, 0.2) is 18.5 Å². The Bertz CT molecular complexity index is 299. The van der Waals surface area contributed by atoms with E-state index >= 15 is 0 Å². The van der Waals surface area contributed by atoms with Gasteiger partial charge in [-0.25, -0.2) is 0 Å². The quantitative estimate of drug-likeness (QED) is 0.665. The van der Waals surface area contributed by atoms with E-state index < -0.39 is 0 Å². The minimum atomic E-state index is 0.0269. The Kier molecular flexibility index (Phi) is 2.84. The van der Waals surface area contributed by atoms with Crippen molar-refractivity contribution in [1.29, 1.82) is 0 Å². The second-order valence-corrected chi connectivity index (χ2v) is 2.62. The second-order valence-electron chi connectivity index (χ2n) is 2.62. The number of hydrogen-bond acceptors (Lipinski definition) is 2. The number of hydrogen-bond donors (Lipinski definition) is 1. The molecule has 0 saturated carbocycles. The third-order valence-corrected chi connectivity index (χ3v) is 1.85. The molecule has 62 valence electrons. The second kappa shape index (κ2) is 3.89. The first kappa shape index (κ1) is 8.76. The van der Waals surface area contributed by atoms with E-state index in [4.69, 9.17) is 12.2 Å². The van der Waals surface area contributed by atoms with E-state index in [1.807, 2.05) is 13.0 Å². The first-order valence-corrected chi connectivity index (χ1v) is 3.95. The molecule has 0 saturated heterocycles. The minimum Gasteiger partial charge on any atom is -0.324 e. The van der Waals surface area contributed by atoms with Crippen molar-refractivity contribution in [3.8, 4) is 12.3 Å². The van der Waals surface area contributed by atoms with Crippen LogP contribution in [0.2, 0.25) is 0 Å². The maximum Gasteiger partial charge on any atom is 0.0473 e. The molecular weight excluding hydrogens is 148 g/mol. The highest BCUT2D eigenvalue weighted by molar-refractivity contribution is 5.38. The molecule has 1 aromatic rings. The van der Waals surface area contributed by atoms with Crippen LogP contribution in [0.4, 0.5) is 0 Å². The molecule has 12 heavy (non-hydrogen) atoms. The monoisotopic (exact) mass is 160 g/mol. The topological polar surface area (TPSA) is 38.9 Å². The lowest BCUT2D eigenvalue weighted by atomic mass is 10.0. The lowest BCUT2D eigenvalue weighted by Gasteiger charge is -2.10. The van der Waals surface area contributed by atoms with Gasteiger partial charge >= 0.3 is 0 Å². The van der Waals surface area contributed by atoms with Gasteiger partial charge in [0, 0.05) is 24.0 Å². The number of nitrogens with two attached hydrogens (primary N) is 1. The van der Waals surface area contributed by atoms with Crippen LogP contribution in [0.3, 0.4) is 0 Å². The van der Waals surface area contributed by atoms with Crippen molar-refractivity contribution in [2.75, 3.05) is 0 Å². The Morgan fingerprint density at radius 1 is 1.75 bits per heavy atom. The maximum atomic E-state index is 5.85. The van der Waals surface area contributed by atoms with Gasteiger partial charge in [-0.1, -0.05) is 12.8 Å². The van der Waals surface area contributed by atoms with Crippen LogP contribution < -0.4 is 5.73 Å². The van der Waals surface area contributed by atoms with E-state index in [1.165, 1.54) is 0 Å². The molecule has 0 spiro atoms. The van der Waals surface area contributed by atoms with E-state index in [0.29, 0.717) is 0 Å². The zero-order chi connectivity index (χ0) is 8.97. The SMILES string of the molecule is C#Cc1cnccc1[C@@H](N)CC. The van der Waals surface area contributed by atoms with Crippen LogP contribution >= 0.6 is 0 Å². The molecule has 2 N–H and O–H groups in total. The number of pyridine rings is 1. The van der Waals surface area contributed by atoms with E-state index in [-0.39, 0.29) is 6.04 Å². The third-order valence-electron chi connectivity index (χ3n) is 1.85. The van der Waals surface area contributed by atoms with Gasteiger partial charge in [-0.2, -0.15) is 0 Å². The Morgan fingerprint density at radius 3 is 3.08 bits per heavy atom. The number of nitrogens with zero attached hydrogens (tertiary/aromatic N) is 1. The average Bonchev–Trinajstić information content (AvgIpc) is 2.16. The molecule has 0 fully saturated rings. The zero-order valence-electron chi connectivity index (χ0n) is 7.12. The van der Waals surface area contributed by atoms with Gasteiger partial charge in [0.1, 0.15) is 0 Å². The molecule has 0 aromatic carbocycles. The molecule has 0 unspecified atom stereocenters. The molecule has 1 aromatic heterocycles. The van der Waals surface area contributed by atoms with Crippen LogP contribution in [0.5, 0.6) is 0 Å². The molecule has 1 atom stereocenters. The molecule has 0 aliphatic rings. The summed E-state index contributed by atoms with van der Waals surface area (Å²) < 4.78 is 0. The van der Waals surface area contributed by atoms with E-state index in [9.17, 15) is 0 Å². The summed E-state index contributed by atoms with van der Waals surface area (Å²) in [6, 6.07) is 1.91. The fraction of sp³-hybridized carbons (Fsp3) is 0.300. The lowest BCUT2D eigenvalue weighted by molar-refractivity contribution is 0.695. The Balaban J connectivity index is 3.07. The molecule has 2 heteroatoms. The first-order valence-electron chi connectivity index (χ1n) is 3.95. The summed E-state index contributed by atoms with van der Waals surface area (Å²) in [6.07, 6.45) is 9.57. The standard InChI is InChI=1S/C10H12N2/c1-3-8-7-12-6-5-9(8)10(11)4-2/h1,5-7,10H,4,11H2,2H3/t10-/m0/s1. The van der Waals surface area contributed by atoms with E-state index in [0.717, 1.165) is 17.5 Å². The highest BCUT2D eigenvalue weighted by atomic mass is 14.7. The highest BCUT2D eigenvalue weighted by Crippen LogP contribution is 2.16. The van der Waals surface area contributed by atoms with Gasteiger partial charge in [-0.15, -0.1) is 6.42 Å². The Labute approximate surface area is 72.8 Å². The molecule has 1 rings (SSSR count). The fourth-order valence-corrected chi connectivity index (χ4v) is 1.07. The van der Waals surface area contributed by atoms with Crippen molar-refractivity contribution in [2.24, 2.45) is 5.73 Å². The summed E-state index contributed by atoms with van der Waals surface area (Å²) in [5.74, 6) is 2.57. The predicted molar refractivity (Wildman–Crippen MR) is 49.4 cm³/mol. The molecule has 0 amide bonds. The normalized spacial score (nSPS) is 12.1. The maximum absolute atomic E-state index is 5.85. The van der Waals surface area contributed by atoms with Crippen LogP contribution in [-0.4, -0.2) is 4.98 Å². The van der Waals surface area contributed by atoms with Crippen LogP contribution in [0.1, 0.15) is 30.5 Å². The van der Waals surface area contributed by atoms with Gasteiger partial charge < -0.3 is 5.73 Å². The molecule has 0 aliphatic carbocycles. The van der Waals surface area contributed by atoms with E-state index in [2.05, 4.69) is 10.9 Å². The molecular formula is C10H12N2. The number of aromatic nitrogens is 1. The zero-order valence-corrected chi connectivity index (χ0v) is 7.12. The summed E-state index contributed by atoms with van der Waals surface area (Å²) in [5, 5.41) is 0. The van der Waals surface area contributed by atoms with Gasteiger partial charge in [0.2, 0.25) is 0 Å². The summed E-state index contributed by atoms with van der Waals surface area (Å²) in [7, 11) is 0. The average molecular weight is 160 g/mol. The first-order chi connectivity index (χ1) is 5.79. The smallest absolute Gasteiger partial charge is 0.0473 e. The summed E-state index contributed by atoms with van der Waals surface area (Å²) >= 11 is 0. The van der Waals surface area contributed by atoms with Crippen LogP contribution in [0.25, 0.3) is 0 Å². The molecule has 0 radical (unpaired) electrons. The minimum absolute atomic E-state index is 0.0269. The molecule has 0 aliphatic heterocycles. The Morgan fingerprint density at radius 2 is 2.50 bits per heavy atom. The van der Waals surface area contributed by atoms with Crippen molar-refractivity contribution in [1.82, 2.24) is 4.98 Å². The van der Waals surface area contributed by atoms with Gasteiger partial charge in [0.15, 0.2) is 0 Å². The third kappa shape index (κ3) is 1.63. The van der Waals surface area contributed by atoms with Crippen molar-refractivity contribution < 1.29 is 0 Å². The van der Waals surface area contributed by atoms with Crippen molar-refractivity contribution in [3.63, 3.8) is 0 Å². The highest BCUT2D eigenvalue weighted by Gasteiger charge is 2.06. The summed E-state index contributed by atoms with van der Waals surface area (Å²) in [6.45, 7) is 2.03. The molecule has 2 nitrogen and oxygen atoms in total. The van der Waals surface area contributed by atoms with Crippen molar-refractivity contribution in [3.05, 3.63) is 29.6 Å². The van der Waals surface area contributed by atoms with Crippen molar-refractivity contribution >= 4 is 0 Å². The number of rotatable bonds is 2. The largest absolute Gasteiger partial charge is 0.324 e. The van der Waals surface area contributed by atoms with Gasteiger partial charge in [-0.05, 0) is 18.1 Å². The summed E-state index contributed by atoms with van der Waals surface area (Å²) in [4.78, 5) is 3.93. The van der Waals surface area contributed by atoms with Gasteiger partial charge in [-0.3, -0.25) is 4.98 Å². The lowest BCUT2D eigenvalue weighted by Crippen LogP contribution is -2.10. The number of terminal acetylenes is 1. The summed E-state index contributed by atoms with van der Waals surface area (Å²) in [5.41, 5.74) is 7.65. The molecule has 1 heterocycles. The van der Waals surface area contributed by atoms with Crippen molar-refractivity contribution in [2.45, 2.75) is 19.4 Å². The van der Waals surface area contributed by atoms with Gasteiger partial charge in [0.05, 0.1) is 0 Å². The predicted octanol–water partition coefficient (Wildman–Crippen LogP) is 1.47. The van der Waals surface area contributed by atoms with Crippen LogP contribution in [-0.2, 0) is 0 Å². The Hall–Kier alpha value is -1.33.